The lowest BCUT2D eigenvalue weighted by Crippen LogP contribution is -2.36. The summed E-state index contributed by atoms with van der Waals surface area (Å²) in [7, 11) is 0. The molecule has 1 saturated heterocycles. The van der Waals surface area contributed by atoms with Crippen molar-refractivity contribution in [1.29, 1.82) is 0 Å². The van der Waals surface area contributed by atoms with E-state index in [1.807, 2.05) is 51.1 Å². The normalized spacial score (nSPS) is 20.2. The molecule has 0 aliphatic carbocycles. The second kappa shape index (κ2) is 7.37. The van der Waals surface area contributed by atoms with E-state index in [4.69, 9.17) is 9.47 Å². The average Bonchev–Trinajstić information content (AvgIpc) is 3.14. The van der Waals surface area contributed by atoms with E-state index in [0.717, 1.165) is 5.56 Å². The first-order valence-corrected chi connectivity index (χ1v) is 8.69. The van der Waals surface area contributed by atoms with Gasteiger partial charge in [0.15, 0.2) is 5.75 Å². The third-order valence-corrected chi connectivity index (χ3v) is 3.97. The first-order valence-electron chi connectivity index (χ1n) is 8.69. The molecule has 0 radical (unpaired) electrons. The van der Waals surface area contributed by atoms with E-state index >= 15 is 0 Å². The van der Waals surface area contributed by atoms with Crippen LogP contribution in [-0.4, -0.2) is 56.8 Å². The van der Waals surface area contributed by atoms with Crippen LogP contribution in [0.25, 0.3) is 0 Å². The summed E-state index contributed by atoms with van der Waals surface area (Å²) in [5, 5.41) is 14.5. The van der Waals surface area contributed by atoms with Gasteiger partial charge in [-0.2, -0.15) is 5.10 Å². The third kappa shape index (κ3) is 4.76. The molecule has 2 heterocycles. The van der Waals surface area contributed by atoms with Crippen molar-refractivity contribution in [3.05, 3.63) is 48.3 Å². The van der Waals surface area contributed by atoms with Crippen LogP contribution in [-0.2, 0) is 11.3 Å². The molecule has 1 aliphatic rings. The molecule has 7 heteroatoms. The molecule has 1 aliphatic heterocycles. The minimum absolute atomic E-state index is 0.192. The van der Waals surface area contributed by atoms with Gasteiger partial charge in [-0.25, -0.2) is 4.79 Å². The van der Waals surface area contributed by atoms with Crippen molar-refractivity contribution in [2.45, 2.75) is 45.1 Å². The lowest BCUT2D eigenvalue weighted by atomic mass is 10.2. The first-order chi connectivity index (χ1) is 12.3. The maximum absolute atomic E-state index is 12.1. The molecule has 0 bridgehead atoms. The monoisotopic (exact) mass is 359 g/mol. The maximum Gasteiger partial charge on any atom is 0.410 e. The van der Waals surface area contributed by atoms with Crippen molar-refractivity contribution < 1.29 is 19.4 Å². The summed E-state index contributed by atoms with van der Waals surface area (Å²) in [5.41, 5.74) is 0.568. The topological polar surface area (TPSA) is 76.8 Å². The molecular weight excluding hydrogens is 334 g/mol. The summed E-state index contributed by atoms with van der Waals surface area (Å²) in [5.74, 6) is 0.566. The van der Waals surface area contributed by atoms with Gasteiger partial charge in [0.1, 0.15) is 17.8 Å². The number of rotatable bonds is 4. The Morgan fingerprint density at radius 3 is 2.69 bits per heavy atom. The Morgan fingerprint density at radius 2 is 2.00 bits per heavy atom. The second-order valence-electron chi connectivity index (χ2n) is 7.47. The van der Waals surface area contributed by atoms with E-state index in [1.165, 1.54) is 4.90 Å². The molecule has 2 atom stereocenters. The van der Waals surface area contributed by atoms with E-state index in [0.29, 0.717) is 12.3 Å². The van der Waals surface area contributed by atoms with Gasteiger partial charge >= 0.3 is 6.09 Å². The number of carbonyl (C=O) groups is 1. The smallest absolute Gasteiger partial charge is 0.410 e. The van der Waals surface area contributed by atoms with Gasteiger partial charge in [0, 0.05) is 0 Å². The average molecular weight is 359 g/mol. The quantitative estimate of drug-likeness (QED) is 0.906. The summed E-state index contributed by atoms with van der Waals surface area (Å²) in [6.07, 6.45) is 1.70. The molecule has 1 aromatic heterocycles. The van der Waals surface area contributed by atoms with Crippen LogP contribution in [0.15, 0.2) is 42.7 Å². The van der Waals surface area contributed by atoms with Crippen LogP contribution < -0.4 is 4.74 Å². The van der Waals surface area contributed by atoms with Crippen molar-refractivity contribution in [3.63, 3.8) is 0 Å². The molecule has 2 aromatic rings. The Bertz CT molecular complexity index is 739. The highest BCUT2D eigenvalue weighted by Crippen LogP contribution is 2.21. The molecule has 1 fully saturated rings. The zero-order valence-corrected chi connectivity index (χ0v) is 15.3. The molecule has 0 spiro atoms. The van der Waals surface area contributed by atoms with Crippen LogP contribution >= 0.6 is 0 Å². The Balaban J connectivity index is 1.57. The summed E-state index contributed by atoms with van der Waals surface area (Å²) in [6.45, 7) is 6.55. The fourth-order valence-corrected chi connectivity index (χ4v) is 2.79. The van der Waals surface area contributed by atoms with Gasteiger partial charge in [0.25, 0.3) is 0 Å². The van der Waals surface area contributed by atoms with E-state index < -0.39 is 23.9 Å². The molecule has 1 aromatic carbocycles. The number of amides is 1. The van der Waals surface area contributed by atoms with Crippen LogP contribution in [0.1, 0.15) is 26.3 Å². The van der Waals surface area contributed by atoms with Crippen LogP contribution in [0.3, 0.4) is 0 Å². The SMILES string of the molecule is CC(C)(C)OC(=O)N1C[C@H](Oc2cnn(Cc3ccccc3)c2)[C@@H](O)C1. The summed E-state index contributed by atoms with van der Waals surface area (Å²) in [6, 6.07) is 10.00. The molecule has 7 nitrogen and oxygen atoms in total. The summed E-state index contributed by atoms with van der Waals surface area (Å²) < 4.78 is 13.0. The molecule has 140 valence electrons. The number of hydrogen-bond donors (Lipinski definition) is 1. The van der Waals surface area contributed by atoms with Gasteiger partial charge in [0.2, 0.25) is 0 Å². The van der Waals surface area contributed by atoms with Crippen molar-refractivity contribution in [2.75, 3.05) is 13.1 Å². The number of carbonyl (C=O) groups excluding carboxylic acids is 1. The standard InChI is InChI=1S/C19H25N3O4/c1-19(2,3)26-18(24)21-12-16(23)17(13-21)25-15-9-20-22(11-15)10-14-7-5-4-6-8-14/h4-9,11,16-17,23H,10,12-13H2,1-3H3/t16-,17-/m0/s1. The number of aliphatic hydroxyl groups is 1. The molecule has 26 heavy (non-hydrogen) atoms. The van der Waals surface area contributed by atoms with Crippen molar-refractivity contribution in [2.24, 2.45) is 0 Å². The highest BCUT2D eigenvalue weighted by Gasteiger charge is 2.37. The number of ether oxygens (including phenoxy) is 2. The van der Waals surface area contributed by atoms with Crippen molar-refractivity contribution in [1.82, 2.24) is 14.7 Å². The molecular formula is C19H25N3O4. The highest BCUT2D eigenvalue weighted by molar-refractivity contribution is 5.68. The third-order valence-electron chi connectivity index (χ3n) is 3.97. The fourth-order valence-electron chi connectivity index (χ4n) is 2.79. The number of nitrogens with zero attached hydrogens (tertiary/aromatic N) is 3. The molecule has 1 N–H and O–H groups in total. The van der Waals surface area contributed by atoms with Gasteiger partial charge in [0.05, 0.1) is 32.0 Å². The number of β-amino-alcohol motifs (C(OH)–C–C–N with tert-alkyl or cyclic N) is 1. The molecule has 3 rings (SSSR count). The van der Waals surface area contributed by atoms with Gasteiger partial charge < -0.3 is 19.5 Å². The van der Waals surface area contributed by atoms with E-state index in [1.54, 1.807) is 17.1 Å². The summed E-state index contributed by atoms with van der Waals surface area (Å²) >= 11 is 0. The predicted octanol–water partition coefficient (Wildman–Crippen LogP) is 2.29. The van der Waals surface area contributed by atoms with Gasteiger partial charge in [-0.1, -0.05) is 30.3 Å². The molecule has 0 unspecified atom stereocenters. The van der Waals surface area contributed by atoms with Gasteiger partial charge in [-0.3, -0.25) is 4.68 Å². The summed E-state index contributed by atoms with van der Waals surface area (Å²) in [4.78, 5) is 13.6. The van der Waals surface area contributed by atoms with E-state index in [9.17, 15) is 9.90 Å². The fraction of sp³-hybridized carbons (Fsp3) is 0.474. The van der Waals surface area contributed by atoms with Crippen LogP contribution in [0.5, 0.6) is 5.75 Å². The second-order valence-corrected chi connectivity index (χ2v) is 7.47. The Morgan fingerprint density at radius 1 is 1.27 bits per heavy atom. The van der Waals surface area contributed by atoms with Crippen LogP contribution in [0.4, 0.5) is 4.79 Å². The number of benzene rings is 1. The molecule has 0 saturated carbocycles. The van der Waals surface area contributed by atoms with E-state index in [2.05, 4.69) is 5.10 Å². The maximum atomic E-state index is 12.1. The van der Waals surface area contributed by atoms with E-state index in [-0.39, 0.29) is 13.1 Å². The van der Waals surface area contributed by atoms with Crippen LogP contribution in [0.2, 0.25) is 0 Å². The minimum atomic E-state index is -0.764. The number of likely N-dealkylation sites (tertiary alicyclic amines) is 1. The largest absolute Gasteiger partial charge is 0.482 e. The Labute approximate surface area is 153 Å². The number of hydrogen-bond acceptors (Lipinski definition) is 5. The lowest BCUT2D eigenvalue weighted by molar-refractivity contribution is 0.0268. The zero-order valence-electron chi connectivity index (χ0n) is 15.3. The zero-order chi connectivity index (χ0) is 18.7. The van der Waals surface area contributed by atoms with Crippen molar-refractivity contribution in [3.8, 4) is 5.75 Å². The van der Waals surface area contributed by atoms with Gasteiger partial charge in [-0.15, -0.1) is 0 Å². The van der Waals surface area contributed by atoms with Crippen molar-refractivity contribution >= 4 is 6.09 Å². The number of aliphatic hydroxyl groups excluding tert-OH is 1. The Kier molecular flexibility index (Phi) is 5.18. The minimum Gasteiger partial charge on any atom is -0.482 e. The first kappa shape index (κ1) is 18.3. The predicted molar refractivity (Wildman–Crippen MR) is 96.0 cm³/mol. The lowest BCUT2D eigenvalue weighted by Gasteiger charge is -2.24. The number of aromatic nitrogens is 2. The Hall–Kier alpha value is -2.54. The molecule has 1 amide bonds. The van der Waals surface area contributed by atoms with Gasteiger partial charge in [-0.05, 0) is 26.3 Å². The highest BCUT2D eigenvalue weighted by atomic mass is 16.6. The van der Waals surface area contributed by atoms with Crippen LogP contribution in [0, 0.1) is 0 Å².